The van der Waals surface area contributed by atoms with Gasteiger partial charge in [-0.3, -0.25) is 47.1 Å². The van der Waals surface area contributed by atoms with Gasteiger partial charge in [-0.25, -0.2) is 65.3 Å². The third kappa shape index (κ3) is 37.3. The number of nitrogens with one attached hydrogen (secondary N) is 7. The van der Waals surface area contributed by atoms with Crippen LogP contribution in [0.2, 0.25) is 5.15 Å². The molecule has 0 bridgehead atoms. The highest BCUT2D eigenvalue weighted by molar-refractivity contribution is 7.60. The number of hydrogen-bond acceptors (Lipinski definition) is 29. The number of benzene rings is 5. The largest absolute Gasteiger partial charge is 0.465 e. The molecule has 0 radical (unpaired) electrons. The Morgan fingerprint density at radius 1 is 0.388 bits per heavy atom. The number of nitrogens with zero attached hydrogens (tertiary/aromatic N) is 12. The molecule has 0 aliphatic heterocycles. The summed E-state index contributed by atoms with van der Waals surface area (Å²) in [5.74, 6) is 21.0. The molecule has 728 valence electrons. The molecular weight excluding hydrogens is 1840 g/mol. The number of rotatable bonds is 21. The van der Waals surface area contributed by atoms with Gasteiger partial charge in [-0.1, -0.05) is 72.3 Å². The Morgan fingerprint density at radius 3 is 0.955 bits per heavy atom. The average molecular weight is 1980 g/mol. The van der Waals surface area contributed by atoms with Crippen LogP contribution in [0.3, 0.4) is 0 Å². The monoisotopic (exact) mass is 1970 g/mol. The normalized spacial score (nSPS) is 12.6. The molecule has 3 saturated carbocycles. The summed E-state index contributed by atoms with van der Waals surface area (Å²) in [4.78, 5) is 111. The number of anilines is 4. The number of ether oxygens (including phenoxy) is 2. The molecule has 5 aromatic carbocycles. The maximum atomic E-state index is 12.1. The van der Waals surface area contributed by atoms with E-state index in [2.05, 4.69) is 140 Å². The third-order valence-corrected chi connectivity index (χ3v) is 21.9. The summed E-state index contributed by atoms with van der Waals surface area (Å²) in [6.45, 7) is 39.3. The lowest BCUT2D eigenvalue weighted by atomic mass is 10.1. The third-order valence-electron chi connectivity index (χ3n) is 21.2. The summed E-state index contributed by atoms with van der Waals surface area (Å²) < 4.78 is 15.0. The number of aryl methyl sites for hydroxylation is 10. The molecule has 33 nitrogen and oxygen atoms in total. The van der Waals surface area contributed by atoms with E-state index in [0.717, 1.165) is 181 Å². The minimum Gasteiger partial charge on any atom is -0.465 e. The van der Waals surface area contributed by atoms with E-state index in [1.54, 1.807) is 48.5 Å². The molecule has 3 aliphatic rings. The number of nitrogen functional groups attached to an aromatic ring is 1. The van der Waals surface area contributed by atoms with Crippen LogP contribution < -0.4 is 60.8 Å². The van der Waals surface area contributed by atoms with Crippen LogP contribution in [-0.2, 0) is 19.1 Å². The van der Waals surface area contributed by atoms with Crippen LogP contribution in [0.4, 0.5) is 23.3 Å². The van der Waals surface area contributed by atoms with E-state index in [9.17, 15) is 28.8 Å². The van der Waals surface area contributed by atoms with Crippen molar-refractivity contribution < 1.29 is 48.1 Å². The molecule has 6 heterocycles. The molecule has 0 spiro atoms. The van der Waals surface area contributed by atoms with Gasteiger partial charge >= 0.3 is 11.9 Å². The SMILES string of the molecule is COC(=O)c1ccc([C@H](C)N)cc1.COC(=O)c1ccc([C@H](C)Nc2nc(C)nc(C)c2C)cc1.Cc1nc(C)c(C)c(Cl)n1.Cc1nc(C)c(C)c(N[C@@H](C)c2ccc(-c3nnc(C4CC4)o3)cc2)n1.Cc1nc(C)c(C)c(N[C@@H](C)c2ccc(C(=O)NN)cc2)n1.Cc1nc(C)c(C)c(N[C@@H](C)c2ccc(C(=O)NNC(=O)C3CC3)cc2)n1.NN.O.O=C(Cl)C1CC1.S.S.S.S.S. The van der Waals surface area contributed by atoms with Crippen molar-refractivity contribution in [2.75, 3.05) is 35.5 Å². The minimum atomic E-state index is -0.329. The Labute approximate surface area is 830 Å². The zero-order valence-electron chi connectivity index (χ0n) is 80.0. The van der Waals surface area contributed by atoms with E-state index in [0.29, 0.717) is 39.2 Å². The average Bonchev–Trinajstić information content (AvgIpc) is 1.64. The molecule has 6 aromatic heterocycles. The Bertz CT molecular complexity index is 5470. The Morgan fingerprint density at radius 2 is 0.679 bits per heavy atom. The predicted octanol–water partition coefficient (Wildman–Crippen LogP) is 16.1. The second kappa shape index (κ2) is 58.3. The first-order valence-electron chi connectivity index (χ1n) is 42.0. The lowest BCUT2D eigenvalue weighted by Crippen LogP contribution is -2.42. The van der Waals surface area contributed by atoms with Gasteiger partial charge in [0.15, 0.2) is 0 Å². The van der Waals surface area contributed by atoms with Crippen LogP contribution in [0.15, 0.2) is 126 Å². The number of halogens is 2. The van der Waals surface area contributed by atoms with E-state index in [4.69, 9.17) is 43.9 Å². The first-order chi connectivity index (χ1) is 60.8. The summed E-state index contributed by atoms with van der Waals surface area (Å²) in [6, 6.07) is 37.5. The molecule has 40 heteroatoms. The minimum absolute atomic E-state index is 0. The van der Waals surface area contributed by atoms with E-state index in [1.165, 1.54) is 19.8 Å². The number of carbonyl (C=O) groups excluding carboxylic acids is 6. The molecule has 0 unspecified atom stereocenters. The standard InChI is InChI=1S/C20H25N5O2.C20H23N5O.C17H21N3O2.C16H21N5O.C10H13NO2.C7H9ClN2.C4H5ClO.H4N2.H2O.5H2S/c1-11-12(2)21-14(4)23-18(11)22-13(3)15-5-7-16(8-6-15)19(26)24-25-20(27)17-9-10-17;1-11-12(2)21-14(4)23-18(11)22-13(3)15-5-7-16(8-6-15)19-24-25-20(26-19)17-9-10-17;1-10-11(2)18-13(4)20-16(10)19-12(3)14-6-8-15(9-7-14)17(21)22-5;1-9-10(2)18-12(4)20-15(9)19-11(3)13-5-7-14(8-6-13)16(22)21-17;1-7(11)8-3-5-9(6-4-8)10(12)13-2;1-4-5(2)9-6(3)10-7(4)8;5-4(6)3-1-2-3;1-2;;;;;;/h5-8,13,17H,9-10H2,1-4H3,(H,24,26)(H,25,27)(H,21,22,23);5-8,13,17H,9-10H2,1-4H3,(H,21,22,23);6-9,12H,1-5H3,(H,18,19,20);5-8,11H,17H2,1-4H3,(H,21,22)(H,18,19,20);3-7H,11H2,1-2H3;1-3H3;3H,1-2H2;1-2H2;6*1H2/t2*13-;12-;11-;7-;;;;;;;;;/m00000........./s1. The number of hydrazine groups is 3. The van der Waals surface area contributed by atoms with Crippen LogP contribution >= 0.6 is 90.7 Å². The van der Waals surface area contributed by atoms with Crippen LogP contribution in [0.1, 0.15) is 270 Å². The topological polar surface area (TPSA) is 508 Å². The van der Waals surface area contributed by atoms with Gasteiger partial charge in [-0.15, -0.1) is 10.2 Å². The highest BCUT2D eigenvalue weighted by Gasteiger charge is 2.31. The summed E-state index contributed by atoms with van der Waals surface area (Å²) in [5.41, 5.74) is 31.1. The second-order valence-corrected chi connectivity index (χ2v) is 32.2. The van der Waals surface area contributed by atoms with Crippen molar-refractivity contribution in [3.05, 3.63) is 268 Å². The molecule has 3 fully saturated rings. The molecule has 134 heavy (non-hydrogen) atoms. The van der Waals surface area contributed by atoms with Crippen LogP contribution in [0, 0.1) is 116 Å². The van der Waals surface area contributed by atoms with Crippen molar-refractivity contribution in [2.24, 2.45) is 35.1 Å². The summed E-state index contributed by atoms with van der Waals surface area (Å²) in [7, 11) is 2.74. The number of methoxy groups -OCH3 is 2. The van der Waals surface area contributed by atoms with E-state index >= 15 is 0 Å². The smallest absolute Gasteiger partial charge is 0.337 e. The predicted molar refractivity (Wildman–Crippen MR) is 555 cm³/mol. The molecule has 17 N–H and O–H groups in total. The van der Waals surface area contributed by atoms with Crippen molar-refractivity contribution in [1.82, 2.24) is 76.3 Å². The van der Waals surface area contributed by atoms with Crippen molar-refractivity contribution in [3.63, 3.8) is 0 Å². The van der Waals surface area contributed by atoms with Crippen LogP contribution in [0.25, 0.3) is 11.5 Å². The van der Waals surface area contributed by atoms with Gasteiger partial charge in [0.05, 0.1) is 25.3 Å². The fraction of sp³-hybridized carbons (Fsp3) is 0.383. The van der Waals surface area contributed by atoms with Crippen molar-refractivity contribution in [3.8, 4) is 11.5 Å². The van der Waals surface area contributed by atoms with Crippen LogP contribution in [0.5, 0.6) is 0 Å². The number of carbonyl (C=O) groups is 6. The van der Waals surface area contributed by atoms with Gasteiger partial charge in [-0.2, -0.15) is 67.5 Å². The Balaban J connectivity index is 0.000000799. The zero-order valence-corrected chi connectivity index (χ0v) is 86.5. The fourth-order valence-corrected chi connectivity index (χ4v) is 12.7. The zero-order chi connectivity index (χ0) is 94.5. The Kier molecular flexibility index (Phi) is 52.7. The number of hydrogen-bond donors (Lipinski definition) is 11. The number of nitrogens with two attached hydrogens (primary N) is 4. The molecule has 14 rings (SSSR count). The molecular formula is C94H133Cl2N23O10S5. The lowest BCUT2D eigenvalue weighted by molar-refractivity contribution is -0.123. The van der Waals surface area contributed by atoms with Gasteiger partial charge in [0.25, 0.3) is 11.8 Å². The van der Waals surface area contributed by atoms with E-state index in [1.807, 2.05) is 185 Å². The van der Waals surface area contributed by atoms with Gasteiger partial charge in [0.1, 0.15) is 57.5 Å². The fourth-order valence-electron chi connectivity index (χ4n) is 12.2. The second-order valence-electron chi connectivity index (χ2n) is 31.4. The molecule has 5 atom stereocenters. The van der Waals surface area contributed by atoms with Gasteiger partial charge in [-0.05, 0) is 277 Å². The Hall–Kier alpha value is -11.0. The maximum absolute atomic E-state index is 12.1. The number of amides is 3. The molecule has 3 amide bonds. The van der Waals surface area contributed by atoms with Gasteiger partial charge in [0.2, 0.25) is 22.9 Å². The van der Waals surface area contributed by atoms with E-state index < -0.39 is 0 Å². The van der Waals surface area contributed by atoms with Crippen molar-refractivity contribution in [2.45, 2.75) is 213 Å². The number of esters is 2. The van der Waals surface area contributed by atoms with Gasteiger partial charge < -0.3 is 46.4 Å². The van der Waals surface area contributed by atoms with Crippen molar-refractivity contribution in [1.29, 1.82) is 0 Å². The summed E-state index contributed by atoms with van der Waals surface area (Å²) >= 11 is 10.8. The van der Waals surface area contributed by atoms with Crippen LogP contribution in [-0.4, -0.2) is 115 Å². The number of aromatic nitrogens is 12. The molecule has 3 aliphatic carbocycles. The summed E-state index contributed by atoms with van der Waals surface area (Å²) in [5, 5.41) is 22.4. The first-order valence-corrected chi connectivity index (χ1v) is 42.7. The van der Waals surface area contributed by atoms with E-state index in [-0.39, 0.29) is 150 Å². The quantitative estimate of drug-likeness (QED) is 0.00795. The maximum Gasteiger partial charge on any atom is 0.337 e. The van der Waals surface area contributed by atoms with Crippen molar-refractivity contribution >= 4 is 149 Å². The highest BCUT2D eigenvalue weighted by atomic mass is 35.5. The first kappa shape index (κ1) is 121. The van der Waals surface area contributed by atoms with Gasteiger partial charge in [0, 0.05) is 121 Å². The molecule has 0 saturated heterocycles. The summed E-state index contributed by atoms with van der Waals surface area (Å²) in [6.07, 6.45) is 6.14. The lowest BCUT2D eigenvalue weighted by Gasteiger charge is -2.18. The molecule has 11 aromatic rings. The highest BCUT2D eigenvalue weighted by Crippen LogP contribution is 2.40.